The summed E-state index contributed by atoms with van der Waals surface area (Å²) in [5.41, 5.74) is 0.731. The fourth-order valence-corrected chi connectivity index (χ4v) is 2.74. The van der Waals surface area contributed by atoms with Gasteiger partial charge in [0, 0.05) is 17.7 Å². The van der Waals surface area contributed by atoms with Crippen LogP contribution in [0.15, 0.2) is 57.6 Å². The molecule has 1 amide bonds. The van der Waals surface area contributed by atoms with E-state index in [4.69, 9.17) is 8.83 Å². The number of nitrogens with one attached hydrogen (secondary N) is 1. The zero-order valence-corrected chi connectivity index (χ0v) is 12.2. The number of carbonyl (C=O) groups is 1. The van der Waals surface area contributed by atoms with E-state index in [1.165, 1.54) is 0 Å². The maximum Gasteiger partial charge on any atom is 0.287 e. The first-order valence-corrected chi connectivity index (χ1v) is 7.85. The number of amides is 1. The molecule has 3 aromatic rings. The van der Waals surface area contributed by atoms with Crippen molar-refractivity contribution in [3.8, 4) is 0 Å². The Morgan fingerprint density at radius 3 is 2.90 bits per heavy atom. The van der Waals surface area contributed by atoms with E-state index in [0.29, 0.717) is 12.3 Å². The van der Waals surface area contributed by atoms with Crippen molar-refractivity contribution in [1.82, 2.24) is 5.32 Å². The fourth-order valence-electron chi connectivity index (χ4n) is 1.99. The number of benzene rings is 1. The SMILES string of the molecule is O=C(NCCSCc1ccco1)c1cc2ccccc2o1. The molecule has 0 radical (unpaired) electrons. The third-order valence-corrected chi connectivity index (χ3v) is 3.99. The Kier molecular flexibility index (Phi) is 4.31. The first-order valence-electron chi connectivity index (χ1n) is 6.70. The third-order valence-electron chi connectivity index (χ3n) is 3.01. The summed E-state index contributed by atoms with van der Waals surface area (Å²) in [5.74, 6) is 2.76. The van der Waals surface area contributed by atoms with Gasteiger partial charge in [0.1, 0.15) is 11.3 Å². The Balaban J connectivity index is 1.45. The Hall–Kier alpha value is -2.14. The van der Waals surface area contributed by atoms with E-state index >= 15 is 0 Å². The van der Waals surface area contributed by atoms with Crippen molar-refractivity contribution in [1.29, 1.82) is 0 Å². The molecule has 2 heterocycles. The second-order valence-corrected chi connectivity index (χ2v) is 5.64. The summed E-state index contributed by atoms with van der Waals surface area (Å²) >= 11 is 1.71. The summed E-state index contributed by atoms with van der Waals surface area (Å²) in [4.78, 5) is 12.0. The van der Waals surface area contributed by atoms with E-state index in [1.807, 2.05) is 36.4 Å². The van der Waals surface area contributed by atoms with Crippen molar-refractivity contribution >= 4 is 28.6 Å². The van der Waals surface area contributed by atoms with Gasteiger partial charge in [-0.25, -0.2) is 0 Å². The first kappa shape index (κ1) is 13.8. The zero-order valence-electron chi connectivity index (χ0n) is 11.4. The molecule has 0 aliphatic rings. The lowest BCUT2D eigenvalue weighted by Crippen LogP contribution is -2.25. The summed E-state index contributed by atoms with van der Waals surface area (Å²) < 4.78 is 10.8. The highest BCUT2D eigenvalue weighted by Crippen LogP contribution is 2.18. The molecule has 0 aliphatic heterocycles. The van der Waals surface area contributed by atoms with Crippen molar-refractivity contribution in [2.45, 2.75) is 5.75 Å². The maximum atomic E-state index is 12.0. The summed E-state index contributed by atoms with van der Waals surface area (Å²) in [7, 11) is 0. The number of thioether (sulfide) groups is 1. The van der Waals surface area contributed by atoms with E-state index in [0.717, 1.165) is 28.2 Å². The molecule has 3 rings (SSSR count). The van der Waals surface area contributed by atoms with E-state index < -0.39 is 0 Å². The Bertz CT molecular complexity index is 685. The Morgan fingerprint density at radius 2 is 2.10 bits per heavy atom. The average molecular weight is 301 g/mol. The smallest absolute Gasteiger partial charge is 0.287 e. The maximum absolute atomic E-state index is 12.0. The predicted octanol–water partition coefficient (Wildman–Crippen LogP) is 3.69. The molecule has 0 fully saturated rings. The number of furan rings is 2. The molecule has 0 bridgehead atoms. The topological polar surface area (TPSA) is 55.4 Å². The first-order chi connectivity index (χ1) is 10.3. The molecule has 0 aliphatic carbocycles. The van der Waals surface area contributed by atoms with Crippen LogP contribution in [-0.4, -0.2) is 18.2 Å². The van der Waals surface area contributed by atoms with Crippen molar-refractivity contribution in [3.05, 3.63) is 60.2 Å². The third kappa shape index (κ3) is 3.49. The number of rotatable bonds is 6. The van der Waals surface area contributed by atoms with Gasteiger partial charge in [0.05, 0.1) is 12.0 Å². The van der Waals surface area contributed by atoms with Crippen molar-refractivity contribution in [3.63, 3.8) is 0 Å². The van der Waals surface area contributed by atoms with Gasteiger partial charge in [0.25, 0.3) is 5.91 Å². The quantitative estimate of drug-likeness (QED) is 0.705. The normalized spacial score (nSPS) is 10.9. The highest BCUT2D eigenvalue weighted by atomic mass is 32.2. The van der Waals surface area contributed by atoms with Crippen molar-refractivity contribution < 1.29 is 13.6 Å². The summed E-state index contributed by atoms with van der Waals surface area (Å²) in [6.45, 7) is 0.598. The van der Waals surface area contributed by atoms with Crippen LogP contribution < -0.4 is 5.32 Å². The minimum Gasteiger partial charge on any atom is -0.468 e. The number of hydrogen-bond donors (Lipinski definition) is 1. The van der Waals surface area contributed by atoms with E-state index in [2.05, 4.69) is 5.32 Å². The van der Waals surface area contributed by atoms with Gasteiger partial charge >= 0.3 is 0 Å². The van der Waals surface area contributed by atoms with Crippen molar-refractivity contribution in [2.24, 2.45) is 0 Å². The standard InChI is InChI=1S/C16H15NO3S/c18-16(15-10-12-4-1-2-6-14(12)20-15)17-7-9-21-11-13-5-3-8-19-13/h1-6,8,10H,7,9,11H2,(H,17,18). The molecule has 0 saturated carbocycles. The van der Waals surface area contributed by atoms with E-state index in [9.17, 15) is 4.79 Å². The molecule has 0 saturated heterocycles. The summed E-state index contributed by atoms with van der Waals surface area (Å²) in [6, 6.07) is 13.2. The molecule has 5 heteroatoms. The summed E-state index contributed by atoms with van der Waals surface area (Å²) in [6.07, 6.45) is 1.67. The van der Waals surface area contributed by atoms with Crippen LogP contribution in [0.5, 0.6) is 0 Å². The molecular formula is C16H15NO3S. The highest BCUT2D eigenvalue weighted by Gasteiger charge is 2.11. The molecule has 0 unspecified atom stereocenters. The van der Waals surface area contributed by atoms with Crippen LogP contribution in [0.1, 0.15) is 16.3 Å². The second-order valence-electron chi connectivity index (χ2n) is 4.54. The molecule has 1 N–H and O–H groups in total. The predicted molar refractivity (Wildman–Crippen MR) is 83.4 cm³/mol. The monoisotopic (exact) mass is 301 g/mol. The number of hydrogen-bond acceptors (Lipinski definition) is 4. The Labute approximate surface area is 126 Å². The van der Waals surface area contributed by atoms with Gasteiger partial charge in [-0.15, -0.1) is 0 Å². The molecule has 0 atom stereocenters. The van der Waals surface area contributed by atoms with Gasteiger partial charge in [-0.1, -0.05) is 18.2 Å². The van der Waals surface area contributed by atoms with Crippen LogP contribution >= 0.6 is 11.8 Å². The number of para-hydroxylation sites is 1. The minimum atomic E-state index is -0.176. The van der Waals surface area contributed by atoms with Crippen molar-refractivity contribution in [2.75, 3.05) is 12.3 Å². The molecule has 21 heavy (non-hydrogen) atoms. The van der Waals surface area contributed by atoms with Gasteiger partial charge in [0.15, 0.2) is 5.76 Å². The second kappa shape index (κ2) is 6.54. The van der Waals surface area contributed by atoms with E-state index in [1.54, 1.807) is 24.1 Å². The van der Waals surface area contributed by atoms with Gasteiger partial charge in [-0.05, 0) is 24.3 Å². The molecule has 108 valence electrons. The molecule has 0 spiro atoms. The molecule has 4 nitrogen and oxygen atoms in total. The highest BCUT2D eigenvalue weighted by molar-refractivity contribution is 7.98. The molecular weight excluding hydrogens is 286 g/mol. The van der Waals surface area contributed by atoms with Crippen LogP contribution in [0.3, 0.4) is 0 Å². The summed E-state index contributed by atoms with van der Waals surface area (Å²) in [5, 5.41) is 3.80. The lowest BCUT2D eigenvalue weighted by Gasteiger charge is -2.02. The van der Waals surface area contributed by atoms with Gasteiger partial charge in [0.2, 0.25) is 0 Å². The fraction of sp³-hybridized carbons (Fsp3) is 0.188. The van der Waals surface area contributed by atoms with Gasteiger partial charge < -0.3 is 14.2 Å². The lowest BCUT2D eigenvalue weighted by atomic mass is 10.2. The largest absolute Gasteiger partial charge is 0.468 e. The average Bonchev–Trinajstić information content (AvgIpc) is 3.15. The minimum absolute atomic E-state index is 0.176. The van der Waals surface area contributed by atoms with Gasteiger partial charge in [-0.2, -0.15) is 11.8 Å². The van der Waals surface area contributed by atoms with Crippen LogP contribution in [0.2, 0.25) is 0 Å². The lowest BCUT2D eigenvalue weighted by molar-refractivity contribution is 0.0930. The molecule has 1 aromatic carbocycles. The van der Waals surface area contributed by atoms with E-state index in [-0.39, 0.29) is 5.91 Å². The number of fused-ring (bicyclic) bond motifs is 1. The Morgan fingerprint density at radius 1 is 1.19 bits per heavy atom. The number of carbonyl (C=O) groups excluding carboxylic acids is 1. The molecule has 2 aromatic heterocycles. The van der Waals surface area contributed by atoms with Crippen LogP contribution in [0, 0.1) is 0 Å². The van der Waals surface area contributed by atoms with Crippen LogP contribution in [0.25, 0.3) is 11.0 Å². The van der Waals surface area contributed by atoms with Crippen LogP contribution in [0.4, 0.5) is 0 Å². The van der Waals surface area contributed by atoms with Crippen LogP contribution in [-0.2, 0) is 5.75 Å². The zero-order chi connectivity index (χ0) is 14.5. The van der Waals surface area contributed by atoms with Gasteiger partial charge in [-0.3, -0.25) is 4.79 Å².